The summed E-state index contributed by atoms with van der Waals surface area (Å²) in [7, 11) is 0. The van der Waals surface area contributed by atoms with E-state index in [2.05, 4.69) is 4.90 Å². The molecule has 12 heavy (non-hydrogen) atoms. The maximum absolute atomic E-state index is 8.97. The van der Waals surface area contributed by atoms with Crippen LogP contribution in [0.4, 0.5) is 0 Å². The van der Waals surface area contributed by atoms with Gasteiger partial charge in [-0.25, -0.2) is 0 Å². The topological polar surface area (TPSA) is 47.3 Å². The molecule has 0 radical (unpaired) electrons. The Kier molecular flexibility index (Phi) is 3.53. The molecule has 0 aromatic carbocycles. The number of hydrogen-bond donors (Lipinski definition) is 2. The fraction of sp³-hybridized carbons (Fsp3) is 0.889. The SMILES string of the molecule is CCC(=N)N1CCCC(CO)C1. The van der Waals surface area contributed by atoms with E-state index in [-0.39, 0.29) is 6.61 Å². The van der Waals surface area contributed by atoms with Crippen molar-refractivity contribution in [1.82, 2.24) is 4.90 Å². The van der Waals surface area contributed by atoms with Crippen LogP contribution in [0.2, 0.25) is 0 Å². The highest BCUT2D eigenvalue weighted by Crippen LogP contribution is 2.16. The maximum Gasteiger partial charge on any atom is 0.0954 e. The fourth-order valence-electron chi connectivity index (χ4n) is 1.68. The van der Waals surface area contributed by atoms with Crippen molar-refractivity contribution in [3.8, 4) is 0 Å². The van der Waals surface area contributed by atoms with E-state index in [1.165, 1.54) is 0 Å². The van der Waals surface area contributed by atoms with Crippen LogP contribution in [0, 0.1) is 11.3 Å². The van der Waals surface area contributed by atoms with Gasteiger partial charge in [-0.05, 0) is 18.8 Å². The van der Waals surface area contributed by atoms with Crippen molar-refractivity contribution in [2.75, 3.05) is 19.7 Å². The summed E-state index contributed by atoms with van der Waals surface area (Å²) in [6, 6.07) is 0. The third-order valence-corrected chi connectivity index (χ3v) is 2.49. The molecule has 1 heterocycles. The first kappa shape index (κ1) is 9.52. The number of hydrogen-bond acceptors (Lipinski definition) is 2. The van der Waals surface area contributed by atoms with Gasteiger partial charge >= 0.3 is 0 Å². The predicted molar refractivity (Wildman–Crippen MR) is 49.4 cm³/mol. The second-order valence-electron chi connectivity index (χ2n) is 3.44. The van der Waals surface area contributed by atoms with E-state index in [0.29, 0.717) is 11.8 Å². The summed E-state index contributed by atoms with van der Waals surface area (Å²) in [5.74, 6) is 1.11. The van der Waals surface area contributed by atoms with Crippen LogP contribution < -0.4 is 0 Å². The van der Waals surface area contributed by atoms with Gasteiger partial charge in [0.15, 0.2) is 0 Å². The number of nitrogens with zero attached hydrogens (tertiary/aromatic N) is 1. The van der Waals surface area contributed by atoms with Crippen molar-refractivity contribution < 1.29 is 5.11 Å². The quantitative estimate of drug-likeness (QED) is 0.481. The number of aliphatic hydroxyl groups excluding tert-OH is 1. The van der Waals surface area contributed by atoms with Crippen LogP contribution in [0.3, 0.4) is 0 Å². The minimum atomic E-state index is 0.271. The Morgan fingerprint density at radius 3 is 3.00 bits per heavy atom. The molecule has 0 bridgehead atoms. The number of aliphatic hydroxyl groups is 1. The molecule has 1 unspecified atom stereocenters. The van der Waals surface area contributed by atoms with E-state index in [1.54, 1.807) is 0 Å². The lowest BCUT2D eigenvalue weighted by molar-refractivity contribution is 0.159. The molecule has 1 rings (SSSR count). The Hall–Kier alpha value is -0.570. The van der Waals surface area contributed by atoms with Gasteiger partial charge in [0.25, 0.3) is 0 Å². The lowest BCUT2D eigenvalue weighted by Crippen LogP contribution is -2.40. The van der Waals surface area contributed by atoms with Crippen molar-refractivity contribution >= 4 is 5.84 Å². The van der Waals surface area contributed by atoms with Crippen LogP contribution in [0.1, 0.15) is 26.2 Å². The van der Waals surface area contributed by atoms with E-state index in [9.17, 15) is 0 Å². The summed E-state index contributed by atoms with van der Waals surface area (Å²) in [6.07, 6.45) is 3.04. The van der Waals surface area contributed by atoms with Gasteiger partial charge in [-0.15, -0.1) is 0 Å². The van der Waals surface area contributed by atoms with Gasteiger partial charge in [0, 0.05) is 26.1 Å². The molecule has 0 spiro atoms. The molecule has 0 saturated carbocycles. The van der Waals surface area contributed by atoms with E-state index in [4.69, 9.17) is 10.5 Å². The smallest absolute Gasteiger partial charge is 0.0954 e. The van der Waals surface area contributed by atoms with Crippen molar-refractivity contribution in [1.29, 1.82) is 5.41 Å². The van der Waals surface area contributed by atoms with Gasteiger partial charge in [-0.1, -0.05) is 6.92 Å². The second-order valence-corrected chi connectivity index (χ2v) is 3.44. The summed E-state index contributed by atoms with van der Waals surface area (Å²) < 4.78 is 0. The Bertz CT molecular complexity index is 159. The maximum atomic E-state index is 8.97. The van der Waals surface area contributed by atoms with E-state index in [0.717, 1.165) is 32.4 Å². The Morgan fingerprint density at radius 1 is 1.67 bits per heavy atom. The molecule has 0 amide bonds. The molecule has 1 fully saturated rings. The normalized spacial score (nSPS) is 24.2. The van der Waals surface area contributed by atoms with Gasteiger partial charge in [-0.2, -0.15) is 0 Å². The number of rotatable bonds is 2. The van der Waals surface area contributed by atoms with Gasteiger partial charge in [0.05, 0.1) is 5.84 Å². The van der Waals surface area contributed by atoms with Crippen LogP contribution in [0.15, 0.2) is 0 Å². The minimum absolute atomic E-state index is 0.271. The van der Waals surface area contributed by atoms with Crippen molar-refractivity contribution in [2.24, 2.45) is 5.92 Å². The zero-order valence-electron chi connectivity index (χ0n) is 7.71. The molecule has 1 saturated heterocycles. The Morgan fingerprint density at radius 2 is 2.42 bits per heavy atom. The van der Waals surface area contributed by atoms with Crippen molar-refractivity contribution in [2.45, 2.75) is 26.2 Å². The largest absolute Gasteiger partial charge is 0.396 e. The van der Waals surface area contributed by atoms with E-state index in [1.807, 2.05) is 6.92 Å². The molecule has 0 aromatic heterocycles. The second kappa shape index (κ2) is 4.45. The highest BCUT2D eigenvalue weighted by Gasteiger charge is 2.19. The average molecular weight is 170 g/mol. The van der Waals surface area contributed by atoms with Gasteiger partial charge in [-0.3, -0.25) is 5.41 Å². The Balaban J connectivity index is 2.40. The monoisotopic (exact) mass is 170 g/mol. The summed E-state index contributed by atoms with van der Waals surface area (Å²) >= 11 is 0. The standard InChI is InChI=1S/C9H18N2O/c1-2-9(10)11-5-3-4-8(6-11)7-12/h8,10,12H,2-7H2,1H3. The molecule has 70 valence electrons. The molecule has 0 aliphatic carbocycles. The zero-order chi connectivity index (χ0) is 8.97. The average Bonchev–Trinajstić information content (AvgIpc) is 2.17. The number of piperidine rings is 1. The number of nitrogens with one attached hydrogen (secondary N) is 1. The molecule has 3 nitrogen and oxygen atoms in total. The first-order chi connectivity index (χ1) is 5.77. The van der Waals surface area contributed by atoms with Gasteiger partial charge < -0.3 is 10.0 Å². The zero-order valence-corrected chi connectivity index (χ0v) is 7.71. The van der Waals surface area contributed by atoms with Crippen LogP contribution >= 0.6 is 0 Å². The summed E-state index contributed by atoms with van der Waals surface area (Å²) in [4.78, 5) is 2.09. The van der Waals surface area contributed by atoms with Crippen LogP contribution in [0.5, 0.6) is 0 Å². The molecular weight excluding hydrogens is 152 g/mol. The summed E-state index contributed by atoms with van der Waals surface area (Å²) in [6.45, 7) is 4.16. The third kappa shape index (κ3) is 2.21. The van der Waals surface area contributed by atoms with Crippen LogP contribution in [-0.2, 0) is 0 Å². The van der Waals surface area contributed by atoms with Gasteiger partial charge in [0.2, 0.25) is 0 Å². The lowest BCUT2D eigenvalue weighted by Gasteiger charge is -2.33. The molecule has 2 N–H and O–H groups in total. The summed E-state index contributed by atoms with van der Waals surface area (Å²) in [5.41, 5.74) is 0. The van der Waals surface area contributed by atoms with Crippen LogP contribution in [0.25, 0.3) is 0 Å². The molecule has 1 atom stereocenters. The van der Waals surface area contributed by atoms with Crippen LogP contribution in [-0.4, -0.2) is 35.5 Å². The van der Waals surface area contributed by atoms with Gasteiger partial charge in [0.1, 0.15) is 0 Å². The highest BCUT2D eigenvalue weighted by atomic mass is 16.3. The van der Waals surface area contributed by atoms with Crippen molar-refractivity contribution in [3.63, 3.8) is 0 Å². The molecule has 1 aliphatic rings. The third-order valence-electron chi connectivity index (χ3n) is 2.49. The Labute approximate surface area is 73.9 Å². The highest BCUT2D eigenvalue weighted by molar-refractivity contribution is 5.78. The number of amidine groups is 1. The fourth-order valence-corrected chi connectivity index (χ4v) is 1.68. The molecular formula is C9H18N2O. The number of likely N-dealkylation sites (tertiary alicyclic amines) is 1. The predicted octanol–water partition coefficient (Wildman–Crippen LogP) is 1.08. The molecule has 1 aliphatic heterocycles. The van der Waals surface area contributed by atoms with E-state index < -0.39 is 0 Å². The molecule has 0 aromatic rings. The summed E-state index contributed by atoms with van der Waals surface area (Å²) in [5, 5.41) is 16.6. The minimum Gasteiger partial charge on any atom is -0.396 e. The molecule has 3 heteroatoms. The van der Waals surface area contributed by atoms with Crippen molar-refractivity contribution in [3.05, 3.63) is 0 Å². The first-order valence-electron chi connectivity index (χ1n) is 4.71. The lowest BCUT2D eigenvalue weighted by atomic mass is 9.99. The first-order valence-corrected chi connectivity index (χ1v) is 4.71. The van der Waals surface area contributed by atoms with E-state index >= 15 is 0 Å².